The molecular formula is C16H15NO4. The predicted octanol–water partition coefficient (Wildman–Crippen LogP) is 1.37. The topological polar surface area (TPSA) is 66.8 Å². The number of hydrogen-bond donors (Lipinski definition) is 1. The van der Waals surface area contributed by atoms with Crippen molar-refractivity contribution in [3.8, 4) is 0 Å². The van der Waals surface area contributed by atoms with Crippen LogP contribution in [-0.4, -0.2) is 35.2 Å². The zero-order chi connectivity index (χ0) is 14.8. The molecule has 0 radical (unpaired) electrons. The van der Waals surface area contributed by atoms with Crippen LogP contribution in [0, 0.1) is 18.8 Å². The molecule has 1 spiro atoms. The van der Waals surface area contributed by atoms with E-state index in [-0.39, 0.29) is 5.91 Å². The molecule has 4 rings (SSSR count). The Balaban J connectivity index is 1.78. The van der Waals surface area contributed by atoms with Gasteiger partial charge in [-0.05, 0) is 18.6 Å². The quantitative estimate of drug-likeness (QED) is 0.833. The highest BCUT2D eigenvalue weighted by Crippen LogP contribution is 2.52. The van der Waals surface area contributed by atoms with E-state index in [0.717, 1.165) is 11.3 Å². The molecule has 5 nitrogen and oxygen atoms in total. The van der Waals surface area contributed by atoms with E-state index in [2.05, 4.69) is 0 Å². The predicted molar refractivity (Wildman–Crippen MR) is 74.9 cm³/mol. The molecule has 3 aliphatic heterocycles. The first-order valence-electron chi connectivity index (χ1n) is 7.00. The molecule has 3 aliphatic rings. The fraction of sp³-hybridized carbons (Fsp3) is 0.375. The van der Waals surface area contributed by atoms with Crippen molar-refractivity contribution in [2.75, 3.05) is 11.4 Å². The van der Waals surface area contributed by atoms with Gasteiger partial charge >= 0.3 is 5.97 Å². The van der Waals surface area contributed by atoms with Crippen molar-refractivity contribution >= 4 is 17.6 Å². The van der Waals surface area contributed by atoms with Crippen molar-refractivity contribution in [2.45, 2.75) is 18.6 Å². The van der Waals surface area contributed by atoms with Crippen molar-refractivity contribution < 1.29 is 19.4 Å². The Morgan fingerprint density at radius 2 is 2.19 bits per heavy atom. The summed E-state index contributed by atoms with van der Waals surface area (Å²) in [6.45, 7) is 2.33. The van der Waals surface area contributed by atoms with Gasteiger partial charge in [0.25, 0.3) is 0 Å². The van der Waals surface area contributed by atoms with Crippen molar-refractivity contribution in [3.05, 3.63) is 42.0 Å². The minimum absolute atomic E-state index is 0.149. The Morgan fingerprint density at radius 3 is 2.90 bits per heavy atom. The first kappa shape index (κ1) is 12.6. The lowest BCUT2D eigenvalue weighted by molar-refractivity contribution is -0.146. The van der Waals surface area contributed by atoms with Crippen LogP contribution < -0.4 is 4.90 Å². The average Bonchev–Trinajstić information content (AvgIpc) is 3.08. The van der Waals surface area contributed by atoms with Gasteiger partial charge in [-0.1, -0.05) is 30.4 Å². The maximum absolute atomic E-state index is 12.8. The van der Waals surface area contributed by atoms with Gasteiger partial charge in [0.05, 0.1) is 18.6 Å². The largest absolute Gasteiger partial charge is 0.481 e. The summed E-state index contributed by atoms with van der Waals surface area (Å²) in [5.41, 5.74) is 1.05. The summed E-state index contributed by atoms with van der Waals surface area (Å²) in [7, 11) is 0. The zero-order valence-electron chi connectivity index (χ0n) is 11.5. The van der Waals surface area contributed by atoms with Gasteiger partial charge in [-0.2, -0.15) is 0 Å². The standard InChI is InChI=1S/C16H15NO4/c1-9-4-2-3-5-10(9)17-8-16-7-6-11(21-16)12(15(19)20)13(16)14(17)18/h2-7,11-13H,8H2,1H3,(H,19,20)/t11-,12+,13-,16-/m1/s1. The average molecular weight is 285 g/mol. The first-order chi connectivity index (χ1) is 10.0. The summed E-state index contributed by atoms with van der Waals surface area (Å²) in [6, 6.07) is 7.62. The molecule has 2 saturated heterocycles. The van der Waals surface area contributed by atoms with Crippen molar-refractivity contribution in [1.29, 1.82) is 0 Å². The highest BCUT2D eigenvalue weighted by atomic mass is 16.5. The van der Waals surface area contributed by atoms with Gasteiger partial charge in [-0.3, -0.25) is 9.59 Å². The number of anilines is 1. The molecule has 108 valence electrons. The fourth-order valence-corrected chi connectivity index (χ4v) is 3.85. The Kier molecular flexibility index (Phi) is 2.37. The minimum atomic E-state index is -0.962. The van der Waals surface area contributed by atoms with Crippen LogP contribution in [0.15, 0.2) is 36.4 Å². The third-order valence-electron chi connectivity index (χ3n) is 4.79. The number of amides is 1. The van der Waals surface area contributed by atoms with Crippen LogP contribution in [0.2, 0.25) is 0 Å². The molecule has 0 aliphatic carbocycles. The molecule has 0 aromatic heterocycles. The lowest BCUT2D eigenvalue weighted by Crippen LogP contribution is -2.39. The maximum atomic E-state index is 12.8. The number of carboxylic acids is 1. The van der Waals surface area contributed by atoms with Crippen LogP contribution in [-0.2, 0) is 14.3 Å². The van der Waals surface area contributed by atoms with Gasteiger partial charge in [0.2, 0.25) is 5.91 Å². The number of carboxylic acid groups (broad SMARTS) is 1. The third kappa shape index (κ3) is 1.49. The van der Waals surface area contributed by atoms with Crippen LogP contribution in [0.3, 0.4) is 0 Å². The second-order valence-electron chi connectivity index (χ2n) is 5.95. The number of para-hydroxylation sites is 1. The summed E-state index contributed by atoms with van der Waals surface area (Å²) < 4.78 is 5.87. The highest BCUT2D eigenvalue weighted by molar-refractivity contribution is 6.02. The zero-order valence-corrected chi connectivity index (χ0v) is 11.5. The lowest BCUT2D eigenvalue weighted by atomic mass is 9.77. The normalized spacial score (nSPS) is 36.3. The van der Waals surface area contributed by atoms with Crippen LogP contribution in [0.4, 0.5) is 5.69 Å². The molecule has 21 heavy (non-hydrogen) atoms. The smallest absolute Gasteiger partial charge is 0.310 e. The number of nitrogens with zero attached hydrogens (tertiary/aromatic N) is 1. The van der Waals surface area contributed by atoms with Crippen molar-refractivity contribution in [3.63, 3.8) is 0 Å². The fourth-order valence-electron chi connectivity index (χ4n) is 3.85. The number of hydrogen-bond acceptors (Lipinski definition) is 3. The molecule has 0 unspecified atom stereocenters. The van der Waals surface area contributed by atoms with Gasteiger partial charge < -0.3 is 14.7 Å². The molecule has 1 amide bonds. The van der Waals surface area contributed by atoms with E-state index in [4.69, 9.17) is 4.74 Å². The second-order valence-corrected chi connectivity index (χ2v) is 5.95. The number of benzene rings is 1. The van der Waals surface area contributed by atoms with E-state index in [0.29, 0.717) is 6.54 Å². The number of aliphatic carboxylic acids is 1. The summed E-state index contributed by atoms with van der Waals surface area (Å²) in [6.07, 6.45) is 3.18. The summed E-state index contributed by atoms with van der Waals surface area (Å²) in [5.74, 6) is -2.51. The van der Waals surface area contributed by atoms with E-state index >= 15 is 0 Å². The van der Waals surface area contributed by atoms with Crippen LogP contribution >= 0.6 is 0 Å². The Labute approximate surface area is 121 Å². The molecule has 1 aromatic carbocycles. The molecular weight excluding hydrogens is 270 g/mol. The highest BCUT2D eigenvalue weighted by Gasteiger charge is 2.67. The Bertz CT molecular complexity index is 683. The van der Waals surface area contributed by atoms with Gasteiger partial charge in [0.1, 0.15) is 11.5 Å². The minimum Gasteiger partial charge on any atom is -0.481 e. The molecule has 1 aromatic rings. The molecule has 3 heterocycles. The molecule has 2 fully saturated rings. The Morgan fingerprint density at radius 1 is 1.43 bits per heavy atom. The SMILES string of the molecule is Cc1ccccc1N1C[C@@]23C=C[C@@H](O2)[C@H](C(=O)O)[C@@H]3C1=O. The monoisotopic (exact) mass is 285 g/mol. The Hall–Kier alpha value is -2.14. The van der Waals surface area contributed by atoms with E-state index in [9.17, 15) is 14.7 Å². The molecule has 1 N–H and O–H groups in total. The van der Waals surface area contributed by atoms with Crippen LogP contribution in [0.1, 0.15) is 5.56 Å². The van der Waals surface area contributed by atoms with E-state index in [1.54, 1.807) is 11.0 Å². The summed E-state index contributed by atoms with van der Waals surface area (Å²) in [5, 5.41) is 9.42. The van der Waals surface area contributed by atoms with Crippen molar-refractivity contribution in [1.82, 2.24) is 0 Å². The number of aryl methyl sites for hydroxylation is 1. The number of carbonyl (C=O) groups excluding carboxylic acids is 1. The number of rotatable bonds is 2. The third-order valence-corrected chi connectivity index (χ3v) is 4.79. The van der Waals surface area contributed by atoms with Gasteiger partial charge in [0, 0.05) is 5.69 Å². The number of ether oxygens (including phenoxy) is 1. The second kappa shape index (κ2) is 3.95. The summed E-state index contributed by atoms with van der Waals surface area (Å²) >= 11 is 0. The molecule has 2 bridgehead atoms. The first-order valence-corrected chi connectivity index (χ1v) is 7.00. The van der Waals surface area contributed by atoms with Crippen LogP contribution in [0.5, 0.6) is 0 Å². The van der Waals surface area contributed by atoms with E-state index in [1.807, 2.05) is 37.3 Å². The maximum Gasteiger partial charge on any atom is 0.310 e. The van der Waals surface area contributed by atoms with E-state index < -0.39 is 29.5 Å². The summed E-state index contributed by atoms with van der Waals surface area (Å²) in [4.78, 5) is 26.0. The molecule has 4 atom stereocenters. The van der Waals surface area contributed by atoms with Crippen LogP contribution in [0.25, 0.3) is 0 Å². The molecule has 5 heteroatoms. The van der Waals surface area contributed by atoms with E-state index in [1.165, 1.54) is 0 Å². The van der Waals surface area contributed by atoms with Gasteiger partial charge in [0.15, 0.2) is 0 Å². The number of fused-ring (bicyclic) bond motifs is 1. The lowest BCUT2D eigenvalue weighted by Gasteiger charge is -2.22. The van der Waals surface area contributed by atoms with Gasteiger partial charge in [-0.25, -0.2) is 0 Å². The van der Waals surface area contributed by atoms with Gasteiger partial charge in [-0.15, -0.1) is 0 Å². The van der Waals surface area contributed by atoms with Crippen molar-refractivity contribution in [2.24, 2.45) is 11.8 Å². The number of carbonyl (C=O) groups is 2. The molecule has 0 saturated carbocycles.